The molecule has 0 radical (unpaired) electrons. The SMILES string of the molecule is CCNC(=NCC(C)(O)c1ccc(C)o1)NCC(C)c1ccccc1. The quantitative estimate of drug-likeness (QED) is 0.533. The summed E-state index contributed by atoms with van der Waals surface area (Å²) in [5.74, 6) is 2.36. The van der Waals surface area contributed by atoms with E-state index >= 15 is 0 Å². The van der Waals surface area contributed by atoms with Gasteiger partial charge in [-0.05, 0) is 44.4 Å². The van der Waals surface area contributed by atoms with Gasteiger partial charge in [-0.3, -0.25) is 0 Å². The van der Waals surface area contributed by atoms with Crippen LogP contribution < -0.4 is 10.6 Å². The van der Waals surface area contributed by atoms with Crippen LogP contribution >= 0.6 is 0 Å². The third-order valence-corrected chi connectivity index (χ3v) is 4.10. The van der Waals surface area contributed by atoms with Crippen molar-refractivity contribution < 1.29 is 9.52 Å². The Labute approximate surface area is 150 Å². The Morgan fingerprint density at radius 3 is 2.52 bits per heavy atom. The summed E-state index contributed by atoms with van der Waals surface area (Å²) in [6.07, 6.45) is 0. The second-order valence-corrected chi connectivity index (χ2v) is 6.57. The first-order chi connectivity index (χ1) is 11.9. The molecule has 0 aliphatic carbocycles. The summed E-state index contributed by atoms with van der Waals surface area (Å²) >= 11 is 0. The summed E-state index contributed by atoms with van der Waals surface area (Å²) in [5, 5.41) is 17.2. The van der Waals surface area contributed by atoms with Gasteiger partial charge >= 0.3 is 0 Å². The number of rotatable bonds is 7. The largest absolute Gasteiger partial charge is 0.463 e. The highest BCUT2D eigenvalue weighted by Gasteiger charge is 2.26. The summed E-state index contributed by atoms with van der Waals surface area (Å²) in [6, 6.07) is 14.0. The molecule has 0 saturated carbocycles. The maximum atomic E-state index is 10.6. The van der Waals surface area contributed by atoms with E-state index in [0.29, 0.717) is 17.6 Å². The first kappa shape index (κ1) is 19.1. The number of guanidine groups is 1. The van der Waals surface area contributed by atoms with Gasteiger partial charge in [-0.1, -0.05) is 37.3 Å². The van der Waals surface area contributed by atoms with Gasteiger partial charge in [-0.25, -0.2) is 4.99 Å². The fourth-order valence-corrected chi connectivity index (χ4v) is 2.53. The Hall–Kier alpha value is -2.27. The molecule has 136 valence electrons. The predicted molar refractivity (Wildman–Crippen MR) is 102 cm³/mol. The van der Waals surface area contributed by atoms with Gasteiger partial charge in [0.25, 0.3) is 0 Å². The predicted octanol–water partition coefficient (Wildman–Crippen LogP) is 3.15. The van der Waals surface area contributed by atoms with Gasteiger partial charge in [-0.15, -0.1) is 0 Å². The second-order valence-electron chi connectivity index (χ2n) is 6.57. The Balaban J connectivity index is 1.98. The Kier molecular flexibility index (Phi) is 6.65. The molecule has 5 nitrogen and oxygen atoms in total. The van der Waals surface area contributed by atoms with Crippen LogP contribution in [0.2, 0.25) is 0 Å². The van der Waals surface area contributed by atoms with E-state index in [-0.39, 0.29) is 6.54 Å². The third kappa shape index (κ3) is 5.64. The Morgan fingerprint density at radius 2 is 1.92 bits per heavy atom. The van der Waals surface area contributed by atoms with Crippen LogP contribution in [0.4, 0.5) is 0 Å². The molecule has 0 spiro atoms. The van der Waals surface area contributed by atoms with Gasteiger partial charge in [0.2, 0.25) is 0 Å². The summed E-state index contributed by atoms with van der Waals surface area (Å²) in [6.45, 7) is 9.50. The van der Waals surface area contributed by atoms with Crippen LogP contribution in [0, 0.1) is 6.92 Å². The van der Waals surface area contributed by atoms with E-state index in [4.69, 9.17) is 4.42 Å². The monoisotopic (exact) mass is 343 g/mol. The molecule has 0 amide bonds. The smallest absolute Gasteiger partial charge is 0.191 e. The Bertz CT molecular complexity index is 677. The van der Waals surface area contributed by atoms with Crippen LogP contribution in [-0.4, -0.2) is 30.7 Å². The lowest BCUT2D eigenvalue weighted by atomic mass is 10.0. The number of aliphatic hydroxyl groups is 1. The fourth-order valence-electron chi connectivity index (χ4n) is 2.53. The maximum Gasteiger partial charge on any atom is 0.191 e. The van der Waals surface area contributed by atoms with Crippen LogP contribution in [0.1, 0.15) is 43.8 Å². The molecule has 2 atom stereocenters. The summed E-state index contributed by atoms with van der Waals surface area (Å²) < 4.78 is 5.54. The highest BCUT2D eigenvalue weighted by molar-refractivity contribution is 5.79. The van der Waals surface area contributed by atoms with Gasteiger partial charge < -0.3 is 20.2 Å². The standard InChI is InChI=1S/C20H29N3O2/c1-5-21-19(22-13-15(2)17-9-7-6-8-10-17)23-14-20(4,24)18-12-11-16(3)25-18/h6-12,15,24H,5,13-14H2,1-4H3,(H2,21,22,23). The van der Waals surface area contributed by atoms with E-state index in [9.17, 15) is 5.11 Å². The summed E-state index contributed by atoms with van der Waals surface area (Å²) in [7, 11) is 0. The number of furan rings is 1. The van der Waals surface area contributed by atoms with Crippen molar-refractivity contribution in [3.8, 4) is 0 Å². The van der Waals surface area contributed by atoms with Crippen LogP contribution in [0.5, 0.6) is 0 Å². The normalized spacial score (nSPS) is 15.5. The molecule has 2 rings (SSSR count). The minimum atomic E-state index is -1.14. The molecule has 3 N–H and O–H groups in total. The number of aliphatic imine (C=N–C) groups is 1. The topological polar surface area (TPSA) is 69.8 Å². The molecule has 2 aromatic rings. The van der Waals surface area contributed by atoms with Gasteiger partial charge in [0.05, 0.1) is 6.54 Å². The van der Waals surface area contributed by atoms with E-state index in [1.165, 1.54) is 5.56 Å². The fraction of sp³-hybridized carbons (Fsp3) is 0.450. The second kappa shape index (κ2) is 8.72. The molecule has 0 bridgehead atoms. The molecule has 25 heavy (non-hydrogen) atoms. The highest BCUT2D eigenvalue weighted by atomic mass is 16.4. The molecule has 1 aromatic heterocycles. The number of hydrogen-bond acceptors (Lipinski definition) is 3. The molecular weight excluding hydrogens is 314 g/mol. The van der Waals surface area contributed by atoms with Gasteiger partial charge in [0.1, 0.15) is 17.1 Å². The molecule has 2 unspecified atom stereocenters. The average Bonchev–Trinajstić information content (AvgIpc) is 3.05. The molecule has 0 aliphatic heterocycles. The van der Waals surface area contributed by atoms with Crippen LogP contribution in [0.15, 0.2) is 51.9 Å². The average molecular weight is 343 g/mol. The van der Waals surface area contributed by atoms with E-state index in [1.54, 1.807) is 13.0 Å². The minimum Gasteiger partial charge on any atom is -0.463 e. The van der Waals surface area contributed by atoms with Crippen molar-refractivity contribution in [1.82, 2.24) is 10.6 Å². The molecular formula is C20H29N3O2. The Morgan fingerprint density at radius 1 is 1.20 bits per heavy atom. The zero-order valence-electron chi connectivity index (χ0n) is 15.5. The molecule has 1 heterocycles. The van der Waals surface area contributed by atoms with Crippen molar-refractivity contribution in [1.29, 1.82) is 0 Å². The van der Waals surface area contributed by atoms with Gasteiger partial charge in [0, 0.05) is 13.1 Å². The van der Waals surface area contributed by atoms with Crippen molar-refractivity contribution in [2.24, 2.45) is 4.99 Å². The zero-order valence-corrected chi connectivity index (χ0v) is 15.5. The first-order valence-electron chi connectivity index (χ1n) is 8.79. The van der Waals surface area contributed by atoms with Crippen LogP contribution in [0.25, 0.3) is 0 Å². The summed E-state index contributed by atoms with van der Waals surface area (Å²) in [5.41, 5.74) is 0.144. The van der Waals surface area contributed by atoms with Crippen molar-refractivity contribution >= 4 is 5.96 Å². The van der Waals surface area contributed by atoms with E-state index in [1.807, 2.05) is 38.1 Å². The van der Waals surface area contributed by atoms with E-state index in [2.05, 4.69) is 34.7 Å². The van der Waals surface area contributed by atoms with Crippen molar-refractivity contribution in [2.45, 2.75) is 39.2 Å². The molecule has 0 saturated heterocycles. The lowest BCUT2D eigenvalue weighted by Gasteiger charge is -2.20. The van der Waals surface area contributed by atoms with E-state index < -0.39 is 5.60 Å². The summed E-state index contributed by atoms with van der Waals surface area (Å²) in [4.78, 5) is 4.52. The molecule has 0 aliphatic rings. The van der Waals surface area contributed by atoms with E-state index in [0.717, 1.165) is 18.8 Å². The third-order valence-electron chi connectivity index (χ3n) is 4.10. The first-order valence-corrected chi connectivity index (χ1v) is 8.79. The van der Waals surface area contributed by atoms with Crippen molar-refractivity contribution in [2.75, 3.05) is 19.6 Å². The van der Waals surface area contributed by atoms with Gasteiger partial charge in [-0.2, -0.15) is 0 Å². The molecule has 1 aromatic carbocycles. The number of hydrogen-bond donors (Lipinski definition) is 3. The molecule has 0 fully saturated rings. The van der Waals surface area contributed by atoms with Crippen LogP contribution in [0.3, 0.4) is 0 Å². The number of aryl methyl sites for hydroxylation is 1. The lowest BCUT2D eigenvalue weighted by molar-refractivity contribution is 0.0428. The number of nitrogens with one attached hydrogen (secondary N) is 2. The lowest BCUT2D eigenvalue weighted by Crippen LogP contribution is -2.40. The number of benzene rings is 1. The number of nitrogens with zero attached hydrogens (tertiary/aromatic N) is 1. The molecule has 5 heteroatoms. The van der Waals surface area contributed by atoms with Crippen molar-refractivity contribution in [3.05, 3.63) is 59.5 Å². The van der Waals surface area contributed by atoms with Crippen LogP contribution in [-0.2, 0) is 5.60 Å². The zero-order chi connectivity index (χ0) is 18.3. The van der Waals surface area contributed by atoms with Gasteiger partial charge in [0.15, 0.2) is 5.96 Å². The minimum absolute atomic E-state index is 0.217. The van der Waals surface area contributed by atoms with Crippen molar-refractivity contribution in [3.63, 3.8) is 0 Å². The maximum absolute atomic E-state index is 10.6. The highest BCUT2D eigenvalue weighted by Crippen LogP contribution is 2.23.